The van der Waals surface area contributed by atoms with Gasteiger partial charge in [-0.1, -0.05) is 47.1 Å². The van der Waals surface area contributed by atoms with Gasteiger partial charge in [0.2, 0.25) is 0 Å². The van der Waals surface area contributed by atoms with Crippen LogP contribution in [-0.4, -0.2) is 40.6 Å². The molecule has 0 fully saturated rings. The number of amidine groups is 1. The number of halogens is 4. The van der Waals surface area contributed by atoms with Gasteiger partial charge in [0.1, 0.15) is 5.84 Å². The van der Waals surface area contributed by atoms with Crippen molar-refractivity contribution in [3.63, 3.8) is 0 Å². The number of nitrogens with two attached hydrogens (primary N) is 1. The number of alkyl halides is 3. The van der Waals surface area contributed by atoms with Crippen LogP contribution in [0.2, 0.25) is 4.34 Å². The number of imide groups is 1. The zero-order valence-electron chi connectivity index (χ0n) is 19.0. The van der Waals surface area contributed by atoms with Crippen molar-refractivity contribution in [1.29, 1.82) is 0 Å². The SMILES string of the molecule is NC(Cc1ccc(CN2C(=O)c3cccc(NC(=O)c4ccc(Cl)s4)c3C2=O)cc1)=NOC(=O)C(F)(F)F. The molecule has 14 heteroatoms. The maximum Gasteiger partial charge on any atom is 0.493 e. The van der Waals surface area contributed by atoms with Crippen LogP contribution in [0.15, 0.2) is 59.8 Å². The molecular formula is C24H16ClF3N4O5S. The molecule has 2 heterocycles. The summed E-state index contributed by atoms with van der Waals surface area (Å²) in [4.78, 5) is 54.5. The molecule has 3 N–H and O–H groups in total. The number of nitrogens with zero attached hydrogens (tertiary/aromatic N) is 2. The normalized spacial score (nSPS) is 13.5. The summed E-state index contributed by atoms with van der Waals surface area (Å²) in [7, 11) is 0. The van der Waals surface area contributed by atoms with Crippen molar-refractivity contribution >= 4 is 58.2 Å². The van der Waals surface area contributed by atoms with Crippen LogP contribution >= 0.6 is 22.9 Å². The third-order valence-corrected chi connectivity index (χ3v) is 6.50. The standard InChI is InChI=1S/C24H16ClF3N4O5S/c25-17-9-8-16(38-17)20(33)30-15-3-1-2-14-19(15)22(35)32(21(14)34)11-13-6-4-12(5-7-13)10-18(29)31-37-23(36)24(26,27)28/h1-9H,10-11H2,(H2,29,31)(H,30,33). The summed E-state index contributed by atoms with van der Waals surface area (Å²) in [6.07, 6.45) is -5.31. The molecule has 0 saturated heterocycles. The highest BCUT2D eigenvalue weighted by Gasteiger charge is 2.42. The van der Waals surface area contributed by atoms with Gasteiger partial charge >= 0.3 is 12.1 Å². The second-order valence-electron chi connectivity index (χ2n) is 7.93. The smallest absolute Gasteiger partial charge is 0.384 e. The van der Waals surface area contributed by atoms with Gasteiger partial charge in [-0.2, -0.15) is 13.2 Å². The zero-order chi connectivity index (χ0) is 27.6. The van der Waals surface area contributed by atoms with E-state index in [1.165, 1.54) is 12.1 Å². The van der Waals surface area contributed by atoms with E-state index in [2.05, 4.69) is 15.3 Å². The number of benzene rings is 2. The lowest BCUT2D eigenvalue weighted by atomic mass is 10.1. The molecule has 0 saturated carbocycles. The molecule has 0 bridgehead atoms. The Kier molecular flexibility index (Phi) is 7.51. The molecule has 9 nitrogen and oxygen atoms in total. The quantitative estimate of drug-likeness (QED) is 0.144. The summed E-state index contributed by atoms with van der Waals surface area (Å²) in [5.41, 5.74) is 7.01. The number of nitrogens with one attached hydrogen (secondary N) is 1. The highest BCUT2D eigenvalue weighted by Crippen LogP contribution is 2.31. The first kappa shape index (κ1) is 26.8. The number of oxime groups is 1. The number of amides is 3. The fourth-order valence-electron chi connectivity index (χ4n) is 3.54. The van der Waals surface area contributed by atoms with Crippen molar-refractivity contribution in [2.75, 3.05) is 5.32 Å². The number of carbonyl (C=O) groups is 4. The first-order valence-corrected chi connectivity index (χ1v) is 11.9. The molecule has 3 aromatic rings. The fraction of sp³-hybridized carbons (Fsp3) is 0.125. The molecule has 1 aliphatic rings. The average Bonchev–Trinajstić information content (AvgIpc) is 3.40. The predicted octanol–water partition coefficient (Wildman–Crippen LogP) is 4.37. The topological polar surface area (TPSA) is 131 Å². The number of carbonyl (C=O) groups excluding carboxylic acids is 4. The Labute approximate surface area is 221 Å². The number of fused-ring (bicyclic) bond motifs is 1. The molecular weight excluding hydrogens is 549 g/mol. The van der Waals surface area contributed by atoms with Gasteiger partial charge in [0, 0.05) is 6.42 Å². The van der Waals surface area contributed by atoms with E-state index in [0.717, 1.165) is 16.2 Å². The molecule has 3 amide bonds. The summed E-state index contributed by atoms with van der Waals surface area (Å²) in [6, 6.07) is 14.0. The van der Waals surface area contributed by atoms with Crippen molar-refractivity contribution in [2.24, 2.45) is 10.9 Å². The molecule has 0 unspecified atom stereocenters. The Hall–Kier alpha value is -4.23. The lowest BCUT2D eigenvalue weighted by molar-refractivity contribution is -0.199. The van der Waals surface area contributed by atoms with Gasteiger partial charge in [0.15, 0.2) is 0 Å². The minimum atomic E-state index is -5.19. The predicted molar refractivity (Wildman–Crippen MR) is 132 cm³/mol. The van der Waals surface area contributed by atoms with E-state index in [9.17, 15) is 32.3 Å². The highest BCUT2D eigenvalue weighted by molar-refractivity contribution is 7.18. The molecule has 0 aliphatic carbocycles. The third-order valence-electron chi connectivity index (χ3n) is 5.27. The van der Waals surface area contributed by atoms with Crippen molar-refractivity contribution in [1.82, 2.24) is 4.90 Å². The van der Waals surface area contributed by atoms with Crippen molar-refractivity contribution < 1.29 is 37.2 Å². The van der Waals surface area contributed by atoms with Crippen LogP contribution in [0.4, 0.5) is 18.9 Å². The number of hydrogen-bond acceptors (Lipinski definition) is 7. The Morgan fingerprint density at radius 1 is 1.03 bits per heavy atom. The third kappa shape index (κ3) is 5.84. The lowest BCUT2D eigenvalue weighted by Gasteiger charge is -2.14. The molecule has 0 atom stereocenters. The van der Waals surface area contributed by atoms with Gasteiger partial charge in [0.05, 0.1) is 32.6 Å². The summed E-state index contributed by atoms with van der Waals surface area (Å²) in [5.74, 6) is -4.45. The molecule has 1 aliphatic heterocycles. The van der Waals surface area contributed by atoms with E-state index >= 15 is 0 Å². The Morgan fingerprint density at radius 2 is 1.71 bits per heavy atom. The molecule has 0 radical (unpaired) electrons. The molecule has 38 heavy (non-hydrogen) atoms. The van der Waals surface area contributed by atoms with Crippen LogP contribution in [0.1, 0.15) is 41.5 Å². The van der Waals surface area contributed by atoms with Gasteiger partial charge in [-0.15, -0.1) is 11.3 Å². The van der Waals surface area contributed by atoms with E-state index in [-0.39, 0.29) is 35.6 Å². The average molecular weight is 565 g/mol. The zero-order valence-corrected chi connectivity index (χ0v) is 20.6. The van der Waals surface area contributed by atoms with Crippen LogP contribution in [-0.2, 0) is 22.6 Å². The van der Waals surface area contributed by atoms with Gasteiger partial charge < -0.3 is 15.9 Å². The molecule has 0 spiro atoms. The van der Waals surface area contributed by atoms with Crippen molar-refractivity contribution in [3.05, 3.63) is 86.1 Å². The second-order valence-corrected chi connectivity index (χ2v) is 9.65. The minimum absolute atomic E-state index is 0.0718. The van der Waals surface area contributed by atoms with Crippen molar-refractivity contribution in [2.45, 2.75) is 19.1 Å². The summed E-state index contributed by atoms with van der Waals surface area (Å²) in [5, 5.41) is 5.63. The maximum absolute atomic E-state index is 13.1. The summed E-state index contributed by atoms with van der Waals surface area (Å²) < 4.78 is 36.9. The lowest BCUT2D eigenvalue weighted by Crippen LogP contribution is -2.29. The van der Waals surface area contributed by atoms with Crippen LogP contribution in [0.5, 0.6) is 0 Å². The van der Waals surface area contributed by atoms with Gasteiger partial charge in [-0.05, 0) is 35.4 Å². The van der Waals surface area contributed by atoms with Gasteiger partial charge in [-0.3, -0.25) is 19.3 Å². The first-order chi connectivity index (χ1) is 17.9. The van der Waals surface area contributed by atoms with Crippen LogP contribution in [0.3, 0.4) is 0 Å². The second kappa shape index (κ2) is 10.6. The van der Waals surface area contributed by atoms with E-state index in [0.29, 0.717) is 20.3 Å². The molecule has 1 aromatic heterocycles. The van der Waals surface area contributed by atoms with E-state index < -0.39 is 29.9 Å². The Bertz CT molecular complexity index is 1470. The first-order valence-electron chi connectivity index (χ1n) is 10.7. The number of rotatable bonds is 7. The molecule has 196 valence electrons. The monoisotopic (exact) mass is 564 g/mol. The maximum atomic E-state index is 13.1. The van der Waals surface area contributed by atoms with Gasteiger partial charge in [0.25, 0.3) is 17.7 Å². The number of hydrogen-bond donors (Lipinski definition) is 2. The van der Waals surface area contributed by atoms with Crippen LogP contribution in [0, 0.1) is 0 Å². The number of thiophene rings is 1. The molecule has 2 aromatic carbocycles. The van der Waals surface area contributed by atoms with Crippen LogP contribution < -0.4 is 11.1 Å². The van der Waals surface area contributed by atoms with E-state index in [1.807, 2.05) is 0 Å². The van der Waals surface area contributed by atoms with Crippen molar-refractivity contribution in [3.8, 4) is 0 Å². The largest absolute Gasteiger partial charge is 0.493 e. The summed E-state index contributed by atoms with van der Waals surface area (Å²) in [6.45, 7) is -0.0761. The Balaban J connectivity index is 1.43. The Morgan fingerprint density at radius 3 is 2.34 bits per heavy atom. The van der Waals surface area contributed by atoms with E-state index in [1.54, 1.807) is 42.5 Å². The van der Waals surface area contributed by atoms with Gasteiger partial charge in [-0.25, -0.2) is 4.79 Å². The minimum Gasteiger partial charge on any atom is -0.384 e. The number of anilines is 1. The van der Waals surface area contributed by atoms with E-state index in [4.69, 9.17) is 17.3 Å². The summed E-state index contributed by atoms with van der Waals surface area (Å²) >= 11 is 6.95. The molecule has 4 rings (SSSR count). The highest BCUT2D eigenvalue weighted by atomic mass is 35.5. The fourth-order valence-corrected chi connectivity index (χ4v) is 4.48. The van der Waals surface area contributed by atoms with Crippen LogP contribution in [0.25, 0.3) is 0 Å².